The number of hydrogen-bond acceptors (Lipinski definition) is 4. The van der Waals surface area contributed by atoms with Gasteiger partial charge < -0.3 is 5.32 Å². The Balaban J connectivity index is 2.35. The summed E-state index contributed by atoms with van der Waals surface area (Å²) >= 11 is 1.30. The number of hydrogen-bond donors (Lipinski definition) is 1. The monoisotopic (exact) mass is 357 g/mol. The molecule has 1 aromatic heterocycles. The third kappa shape index (κ3) is 4.01. The SMILES string of the molecule is CSc1nccc(Nc2ccc(S(F)(F)(F)(F)F)cc2C)n1. The molecule has 0 unspecified atom stereocenters. The van der Waals surface area contributed by atoms with Crippen LogP contribution in [0.1, 0.15) is 5.56 Å². The molecule has 0 saturated carbocycles. The number of aromatic nitrogens is 2. The summed E-state index contributed by atoms with van der Waals surface area (Å²) < 4.78 is 63.7. The molecule has 22 heavy (non-hydrogen) atoms. The van der Waals surface area contributed by atoms with Crippen LogP contribution in [0.25, 0.3) is 0 Å². The van der Waals surface area contributed by atoms with Crippen LogP contribution >= 0.6 is 22.0 Å². The summed E-state index contributed by atoms with van der Waals surface area (Å²) in [5.74, 6) is 0.363. The van der Waals surface area contributed by atoms with Gasteiger partial charge in [0.2, 0.25) is 0 Å². The van der Waals surface area contributed by atoms with Gasteiger partial charge in [-0.3, -0.25) is 0 Å². The average molecular weight is 357 g/mol. The highest BCUT2D eigenvalue weighted by molar-refractivity contribution is 8.45. The lowest BCUT2D eigenvalue weighted by Gasteiger charge is -2.40. The number of anilines is 2. The van der Waals surface area contributed by atoms with Crippen LogP contribution in [0.4, 0.5) is 30.9 Å². The molecule has 0 spiro atoms. The second kappa shape index (κ2) is 4.72. The van der Waals surface area contributed by atoms with E-state index in [1.807, 2.05) is 0 Å². The molecule has 0 fully saturated rings. The molecule has 2 aromatic rings. The summed E-state index contributed by atoms with van der Waals surface area (Å²) in [5, 5.41) is 3.27. The van der Waals surface area contributed by atoms with Gasteiger partial charge in [0.15, 0.2) is 5.16 Å². The molecule has 1 aromatic carbocycles. The Morgan fingerprint density at radius 2 is 1.77 bits per heavy atom. The van der Waals surface area contributed by atoms with Crippen LogP contribution in [-0.4, -0.2) is 16.2 Å². The van der Waals surface area contributed by atoms with E-state index >= 15 is 0 Å². The highest BCUT2D eigenvalue weighted by Crippen LogP contribution is 3.02. The van der Waals surface area contributed by atoms with Crippen LogP contribution in [0.3, 0.4) is 0 Å². The maximum Gasteiger partial charge on any atom is 0.310 e. The van der Waals surface area contributed by atoms with Crippen molar-refractivity contribution >= 4 is 33.5 Å². The fraction of sp³-hybridized carbons (Fsp3) is 0.167. The van der Waals surface area contributed by atoms with E-state index < -0.39 is 15.1 Å². The van der Waals surface area contributed by atoms with E-state index in [0.717, 1.165) is 6.07 Å². The highest BCUT2D eigenvalue weighted by Gasteiger charge is 2.65. The largest absolute Gasteiger partial charge is 0.340 e. The second-order valence-electron chi connectivity index (χ2n) is 4.50. The first-order valence-corrected chi connectivity index (χ1v) is 9.05. The van der Waals surface area contributed by atoms with Crippen LogP contribution in [0.5, 0.6) is 0 Å². The van der Waals surface area contributed by atoms with Crippen LogP contribution in [-0.2, 0) is 0 Å². The Kier molecular flexibility index (Phi) is 3.61. The molecule has 0 aliphatic rings. The van der Waals surface area contributed by atoms with E-state index in [0.29, 0.717) is 23.1 Å². The van der Waals surface area contributed by atoms with Crippen LogP contribution < -0.4 is 5.32 Å². The van der Waals surface area contributed by atoms with Crippen LogP contribution in [0.15, 0.2) is 40.5 Å². The third-order valence-electron chi connectivity index (χ3n) is 2.72. The average Bonchev–Trinajstić information content (AvgIpc) is 2.38. The van der Waals surface area contributed by atoms with Gasteiger partial charge in [-0.2, -0.15) is 0 Å². The fourth-order valence-corrected chi connectivity index (χ4v) is 2.74. The topological polar surface area (TPSA) is 37.8 Å². The van der Waals surface area contributed by atoms with Gasteiger partial charge in [-0.1, -0.05) is 31.2 Å². The molecule has 0 aliphatic carbocycles. The van der Waals surface area contributed by atoms with Crippen molar-refractivity contribution in [2.24, 2.45) is 0 Å². The van der Waals surface area contributed by atoms with Crippen LogP contribution in [0, 0.1) is 6.92 Å². The molecular formula is C12H12F5N3S2. The molecule has 2 rings (SSSR count). The molecule has 10 heteroatoms. The zero-order valence-corrected chi connectivity index (χ0v) is 13.1. The molecule has 122 valence electrons. The molecule has 0 radical (unpaired) electrons. The fourth-order valence-electron chi connectivity index (χ4n) is 1.66. The van der Waals surface area contributed by atoms with E-state index in [1.165, 1.54) is 30.9 Å². The first-order chi connectivity index (χ1) is 9.89. The lowest BCUT2D eigenvalue weighted by molar-refractivity contribution is 0.364. The predicted molar refractivity (Wildman–Crippen MR) is 79.7 cm³/mol. The summed E-state index contributed by atoms with van der Waals surface area (Å²) in [6, 6.07) is 3.29. The van der Waals surface area contributed by atoms with E-state index in [2.05, 4.69) is 15.3 Å². The van der Waals surface area contributed by atoms with Crippen molar-refractivity contribution < 1.29 is 19.4 Å². The van der Waals surface area contributed by atoms with Crippen molar-refractivity contribution in [3.8, 4) is 0 Å². The molecule has 3 nitrogen and oxygen atoms in total. The first-order valence-electron chi connectivity index (χ1n) is 5.88. The van der Waals surface area contributed by atoms with Crippen molar-refractivity contribution in [3.63, 3.8) is 0 Å². The Morgan fingerprint density at radius 1 is 1.09 bits per heavy atom. The quantitative estimate of drug-likeness (QED) is 0.419. The Labute approximate surface area is 128 Å². The van der Waals surface area contributed by atoms with Crippen molar-refractivity contribution in [3.05, 3.63) is 36.0 Å². The van der Waals surface area contributed by atoms with Gasteiger partial charge in [0.1, 0.15) is 10.7 Å². The summed E-state index contributed by atoms with van der Waals surface area (Å²) in [7, 11) is -9.66. The Morgan fingerprint density at radius 3 is 2.32 bits per heavy atom. The Bertz CT molecular complexity index is 718. The second-order valence-corrected chi connectivity index (χ2v) is 7.68. The van der Waals surface area contributed by atoms with Crippen molar-refractivity contribution in [2.75, 3.05) is 11.6 Å². The minimum Gasteiger partial charge on any atom is -0.340 e. The molecule has 0 bridgehead atoms. The molecule has 1 N–H and O–H groups in total. The standard InChI is InChI=1S/C12H12F5N3S2/c1-8-7-9(22(13,14,15,16)17)3-4-10(8)19-11-5-6-18-12(20-11)21-2/h3-7H,1-2H3,(H,18,19,20). The van der Waals surface area contributed by atoms with E-state index in [1.54, 1.807) is 6.26 Å². The van der Waals surface area contributed by atoms with Crippen molar-refractivity contribution in [2.45, 2.75) is 17.0 Å². The number of aryl methyl sites for hydroxylation is 1. The Hall–Kier alpha value is -1.55. The van der Waals surface area contributed by atoms with E-state index in [9.17, 15) is 19.4 Å². The number of benzene rings is 1. The lowest BCUT2D eigenvalue weighted by Crippen LogP contribution is -2.07. The van der Waals surface area contributed by atoms with Crippen molar-refractivity contribution in [1.82, 2.24) is 9.97 Å². The lowest BCUT2D eigenvalue weighted by atomic mass is 10.2. The molecule has 0 atom stereocenters. The smallest absolute Gasteiger partial charge is 0.310 e. The normalized spacial score (nSPS) is 15.0. The highest BCUT2D eigenvalue weighted by atomic mass is 32.5. The zero-order chi connectivity index (χ0) is 16.7. The van der Waals surface area contributed by atoms with Crippen LogP contribution in [0.2, 0.25) is 0 Å². The van der Waals surface area contributed by atoms with E-state index in [-0.39, 0.29) is 11.3 Å². The number of halogens is 5. The number of thioether (sulfide) groups is 1. The number of rotatable bonds is 4. The summed E-state index contributed by atoms with van der Waals surface area (Å²) in [5.41, 5.74) is 0.298. The molecule has 1 heterocycles. The maximum atomic E-state index is 12.7. The van der Waals surface area contributed by atoms with Gasteiger partial charge in [-0.25, -0.2) is 9.97 Å². The molecule has 0 saturated heterocycles. The summed E-state index contributed by atoms with van der Waals surface area (Å²) in [6.07, 6.45) is 3.26. The van der Waals surface area contributed by atoms with Gasteiger partial charge in [0.05, 0.1) is 0 Å². The summed E-state index contributed by atoms with van der Waals surface area (Å²) in [4.78, 5) is 6.15. The molecule has 0 aliphatic heterocycles. The van der Waals surface area contributed by atoms with Crippen molar-refractivity contribution in [1.29, 1.82) is 0 Å². The molecule has 0 amide bonds. The van der Waals surface area contributed by atoms with Gasteiger partial charge in [0, 0.05) is 11.9 Å². The number of nitrogens with one attached hydrogen (secondary N) is 1. The first kappa shape index (κ1) is 16.8. The minimum absolute atomic E-state index is 0.0371. The van der Waals surface area contributed by atoms with E-state index in [4.69, 9.17) is 0 Å². The van der Waals surface area contributed by atoms with Gasteiger partial charge >= 0.3 is 10.2 Å². The minimum atomic E-state index is -9.66. The molecular weight excluding hydrogens is 345 g/mol. The maximum absolute atomic E-state index is 12.7. The third-order valence-corrected chi connectivity index (χ3v) is 4.43. The predicted octanol–water partition coefficient (Wildman–Crippen LogP) is 5.91. The van der Waals surface area contributed by atoms with Gasteiger partial charge in [-0.15, -0.1) is 0 Å². The summed E-state index contributed by atoms with van der Waals surface area (Å²) in [6.45, 7) is 1.31. The number of nitrogens with zero attached hydrogens (tertiary/aromatic N) is 2. The van der Waals surface area contributed by atoms with Gasteiger partial charge in [0.25, 0.3) is 0 Å². The van der Waals surface area contributed by atoms with Gasteiger partial charge in [-0.05, 0) is 43.0 Å². The zero-order valence-electron chi connectivity index (χ0n) is 11.5.